The molecular weight excluding hydrogens is 397 g/mol. The van der Waals surface area contributed by atoms with E-state index < -0.39 is 5.82 Å². The Morgan fingerprint density at radius 3 is 2.81 bits per heavy atom. The van der Waals surface area contributed by atoms with Gasteiger partial charge in [0.25, 0.3) is 0 Å². The third kappa shape index (κ3) is 3.42. The van der Waals surface area contributed by atoms with Crippen molar-refractivity contribution in [2.24, 2.45) is 0 Å². The van der Waals surface area contributed by atoms with Crippen molar-refractivity contribution in [3.05, 3.63) is 83.0 Å². The van der Waals surface area contributed by atoms with Crippen molar-refractivity contribution in [1.29, 1.82) is 0 Å². The highest BCUT2D eigenvalue weighted by Gasteiger charge is 2.17. The molecule has 7 nitrogen and oxygen atoms in total. The maximum atomic E-state index is 13.9. The normalized spacial score (nSPS) is 11.4. The summed E-state index contributed by atoms with van der Waals surface area (Å²) in [5, 5.41) is 0.471. The second-order valence-electron chi connectivity index (χ2n) is 7.21. The number of hydrogen-bond acceptors (Lipinski definition) is 6. The Kier molecular flexibility index (Phi) is 4.66. The van der Waals surface area contributed by atoms with Gasteiger partial charge >= 0.3 is 0 Å². The molecule has 31 heavy (non-hydrogen) atoms. The number of imidazole rings is 1. The Morgan fingerprint density at radius 2 is 1.94 bits per heavy atom. The van der Waals surface area contributed by atoms with Crippen LogP contribution in [0.4, 0.5) is 10.2 Å². The SMILES string of the molecule is Nc1ncnc2c1ncn2CCCc1oc2ccccc2c(=O)c1-c1cccc(F)c1. The predicted octanol–water partition coefficient (Wildman–Crippen LogP) is 3.95. The minimum Gasteiger partial charge on any atom is -0.460 e. The van der Waals surface area contributed by atoms with Crippen LogP contribution in [0.2, 0.25) is 0 Å². The van der Waals surface area contributed by atoms with Crippen molar-refractivity contribution < 1.29 is 8.81 Å². The zero-order valence-corrected chi connectivity index (χ0v) is 16.5. The first-order valence-electron chi connectivity index (χ1n) is 9.84. The Balaban J connectivity index is 1.52. The van der Waals surface area contributed by atoms with Gasteiger partial charge in [-0.15, -0.1) is 0 Å². The van der Waals surface area contributed by atoms with Crippen LogP contribution in [0.1, 0.15) is 12.2 Å². The first kappa shape index (κ1) is 18.9. The van der Waals surface area contributed by atoms with Crippen molar-refractivity contribution in [2.75, 3.05) is 5.73 Å². The van der Waals surface area contributed by atoms with Gasteiger partial charge in [-0.1, -0.05) is 24.3 Å². The molecule has 8 heteroatoms. The first-order chi connectivity index (χ1) is 15.1. The number of para-hydroxylation sites is 1. The highest BCUT2D eigenvalue weighted by Crippen LogP contribution is 2.26. The molecule has 0 saturated heterocycles. The van der Waals surface area contributed by atoms with Crippen molar-refractivity contribution in [1.82, 2.24) is 19.5 Å². The number of aryl methyl sites for hydroxylation is 2. The maximum absolute atomic E-state index is 13.9. The summed E-state index contributed by atoms with van der Waals surface area (Å²) >= 11 is 0. The smallest absolute Gasteiger partial charge is 0.200 e. The topological polar surface area (TPSA) is 99.8 Å². The van der Waals surface area contributed by atoms with Crippen molar-refractivity contribution in [3.8, 4) is 11.1 Å². The largest absolute Gasteiger partial charge is 0.460 e. The number of halogens is 1. The molecule has 2 N–H and O–H groups in total. The van der Waals surface area contributed by atoms with E-state index in [2.05, 4.69) is 15.0 Å². The molecule has 0 amide bonds. The summed E-state index contributed by atoms with van der Waals surface area (Å²) in [6.07, 6.45) is 4.20. The number of rotatable bonds is 5. The number of benzene rings is 2. The Hall–Kier alpha value is -4.07. The van der Waals surface area contributed by atoms with E-state index >= 15 is 0 Å². The van der Waals surface area contributed by atoms with E-state index in [0.717, 1.165) is 0 Å². The van der Waals surface area contributed by atoms with Gasteiger partial charge in [-0.05, 0) is 36.2 Å². The third-order valence-electron chi connectivity index (χ3n) is 5.22. The molecule has 5 aromatic rings. The molecule has 3 heterocycles. The van der Waals surface area contributed by atoms with Crippen LogP contribution in [0.25, 0.3) is 33.3 Å². The molecule has 0 aliphatic carbocycles. The van der Waals surface area contributed by atoms with E-state index in [9.17, 15) is 9.18 Å². The molecule has 0 aliphatic heterocycles. The average molecular weight is 415 g/mol. The summed E-state index contributed by atoms with van der Waals surface area (Å²) in [6, 6.07) is 13.1. The molecule has 0 saturated carbocycles. The highest BCUT2D eigenvalue weighted by molar-refractivity contribution is 5.83. The number of hydrogen-bond donors (Lipinski definition) is 1. The van der Waals surface area contributed by atoms with Gasteiger partial charge in [-0.3, -0.25) is 4.79 Å². The molecule has 0 spiro atoms. The number of anilines is 1. The van der Waals surface area contributed by atoms with Crippen molar-refractivity contribution in [3.63, 3.8) is 0 Å². The summed E-state index contributed by atoms with van der Waals surface area (Å²) in [5.74, 6) is 0.448. The van der Waals surface area contributed by atoms with Crippen LogP contribution in [0.5, 0.6) is 0 Å². The molecule has 0 fully saturated rings. The fourth-order valence-corrected chi connectivity index (χ4v) is 3.77. The van der Waals surface area contributed by atoms with Gasteiger partial charge < -0.3 is 14.7 Å². The van der Waals surface area contributed by atoms with Crippen LogP contribution in [0.15, 0.2) is 70.4 Å². The highest BCUT2D eigenvalue weighted by atomic mass is 19.1. The van der Waals surface area contributed by atoms with E-state index in [0.29, 0.717) is 64.2 Å². The summed E-state index contributed by atoms with van der Waals surface area (Å²) in [4.78, 5) is 25.7. The summed E-state index contributed by atoms with van der Waals surface area (Å²) in [7, 11) is 0. The monoisotopic (exact) mass is 415 g/mol. The predicted molar refractivity (Wildman–Crippen MR) is 116 cm³/mol. The Labute approximate surface area is 176 Å². The first-order valence-corrected chi connectivity index (χ1v) is 9.84. The number of fused-ring (bicyclic) bond motifs is 2. The maximum Gasteiger partial charge on any atom is 0.200 e. The zero-order valence-electron chi connectivity index (χ0n) is 16.5. The lowest BCUT2D eigenvalue weighted by molar-refractivity contribution is 0.514. The van der Waals surface area contributed by atoms with Crippen molar-refractivity contribution >= 4 is 28.0 Å². The number of nitrogens with two attached hydrogens (primary N) is 1. The standard InChI is InChI=1S/C23H18FN5O2/c24-15-6-3-5-14(11-15)19-18(31-17-8-2-1-7-16(17)21(19)30)9-4-10-29-13-28-20-22(25)26-12-27-23(20)29/h1-3,5-8,11-13H,4,9-10H2,(H2,25,26,27). The van der Waals surface area contributed by atoms with Gasteiger partial charge in [0, 0.05) is 13.0 Å². The van der Waals surface area contributed by atoms with Crippen LogP contribution in [0, 0.1) is 5.82 Å². The molecular formula is C23H18FN5O2. The van der Waals surface area contributed by atoms with Crippen molar-refractivity contribution in [2.45, 2.75) is 19.4 Å². The van der Waals surface area contributed by atoms with Gasteiger partial charge in [0.15, 0.2) is 11.5 Å². The Morgan fingerprint density at radius 1 is 1.06 bits per heavy atom. The van der Waals surface area contributed by atoms with E-state index in [1.165, 1.54) is 18.5 Å². The van der Waals surface area contributed by atoms with Gasteiger partial charge in [0.2, 0.25) is 5.43 Å². The van der Waals surface area contributed by atoms with Gasteiger partial charge in [0.1, 0.15) is 29.0 Å². The van der Waals surface area contributed by atoms with Gasteiger partial charge in [-0.25, -0.2) is 19.3 Å². The second kappa shape index (κ2) is 7.64. The number of aromatic nitrogens is 4. The molecule has 154 valence electrons. The van der Waals surface area contributed by atoms with Gasteiger partial charge in [-0.2, -0.15) is 0 Å². The molecule has 0 unspecified atom stereocenters. The molecule has 0 atom stereocenters. The molecule has 3 aromatic heterocycles. The summed E-state index contributed by atoms with van der Waals surface area (Å²) in [6.45, 7) is 0.589. The second-order valence-corrected chi connectivity index (χ2v) is 7.21. The number of nitrogens with zero attached hydrogens (tertiary/aromatic N) is 4. The quantitative estimate of drug-likeness (QED) is 0.466. The van der Waals surface area contributed by atoms with E-state index in [1.807, 2.05) is 10.6 Å². The third-order valence-corrected chi connectivity index (χ3v) is 5.22. The van der Waals surface area contributed by atoms with E-state index in [1.54, 1.807) is 36.7 Å². The van der Waals surface area contributed by atoms with Crippen LogP contribution in [-0.2, 0) is 13.0 Å². The molecule has 2 aromatic carbocycles. The lowest BCUT2D eigenvalue weighted by Gasteiger charge is -2.11. The average Bonchev–Trinajstić information content (AvgIpc) is 3.18. The molecule has 0 radical (unpaired) electrons. The Bertz CT molecular complexity index is 1470. The fraction of sp³-hybridized carbons (Fsp3) is 0.130. The van der Waals surface area contributed by atoms with Gasteiger partial charge in [0.05, 0.1) is 17.3 Å². The number of nitrogen functional groups attached to an aromatic ring is 1. The summed E-state index contributed by atoms with van der Waals surface area (Å²) in [5.41, 5.74) is 8.29. The van der Waals surface area contributed by atoms with E-state index in [4.69, 9.17) is 10.2 Å². The minimum atomic E-state index is -0.404. The molecule has 0 bridgehead atoms. The molecule has 0 aliphatic rings. The summed E-state index contributed by atoms with van der Waals surface area (Å²) < 4.78 is 21.9. The van der Waals surface area contributed by atoms with Crippen LogP contribution >= 0.6 is 0 Å². The minimum absolute atomic E-state index is 0.170. The fourth-order valence-electron chi connectivity index (χ4n) is 3.77. The van der Waals surface area contributed by atoms with E-state index in [-0.39, 0.29) is 5.43 Å². The lowest BCUT2D eigenvalue weighted by atomic mass is 10.00. The molecule has 5 rings (SSSR count). The zero-order chi connectivity index (χ0) is 21.4. The van der Waals surface area contributed by atoms with Crippen LogP contribution in [-0.4, -0.2) is 19.5 Å². The van der Waals surface area contributed by atoms with Crippen LogP contribution in [0.3, 0.4) is 0 Å². The lowest BCUT2D eigenvalue weighted by Crippen LogP contribution is -2.10. The van der Waals surface area contributed by atoms with Crippen LogP contribution < -0.4 is 11.2 Å².